The first-order chi connectivity index (χ1) is 13.2. The van der Waals surface area contributed by atoms with Crippen LogP contribution in [0.1, 0.15) is 17.0 Å². The highest BCUT2D eigenvalue weighted by Crippen LogP contribution is 2.33. The Morgan fingerprint density at radius 3 is 2.71 bits per heavy atom. The Kier molecular flexibility index (Phi) is 4.31. The van der Waals surface area contributed by atoms with Crippen molar-refractivity contribution in [2.75, 3.05) is 10.0 Å². The molecule has 0 saturated heterocycles. The van der Waals surface area contributed by atoms with Gasteiger partial charge in [0.05, 0.1) is 22.8 Å². The molecule has 11 heteroatoms. The number of hydrogen-bond donors (Lipinski definition) is 2. The second-order valence-electron chi connectivity index (χ2n) is 6.41. The largest absolute Gasteiger partial charge is 0.325 e. The van der Waals surface area contributed by atoms with Crippen molar-refractivity contribution in [3.63, 3.8) is 0 Å². The Labute approximate surface area is 165 Å². The number of tetrazole rings is 1. The molecule has 9 nitrogen and oxygen atoms in total. The molecule has 2 aromatic carbocycles. The lowest BCUT2D eigenvalue weighted by atomic mass is 10.2. The number of nitrogens with one attached hydrogen (secondary N) is 2. The molecule has 1 amide bonds. The van der Waals surface area contributed by atoms with E-state index in [1.165, 1.54) is 16.8 Å². The molecule has 0 unspecified atom stereocenters. The van der Waals surface area contributed by atoms with E-state index in [-0.39, 0.29) is 22.2 Å². The van der Waals surface area contributed by atoms with Gasteiger partial charge >= 0.3 is 0 Å². The first-order valence-electron chi connectivity index (χ1n) is 8.26. The fourth-order valence-electron chi connectivity index (χ4n) is 3.00. The number of halogens is 1. The van der Waals surface area contributed by atoms with Crippen LogP contribution in [-0.4, -0.2) is 34.5 Å². The van der Waals surface area contributed by atoms with Crippen molar-refractivity contribution >= 4 is 38.9 Å². The Bertz CT molecular complexity index is 1220. The summed E-state index contributed by atoms with van der Waals surface area (Å²) >= 11 is 6.16. The topological polar surface area (TPSA) is 119 Å². The fraction of sp³-hybridized carbons (Fsp3) is 0.176. The maximum atomic E-state index is 12.9. The lowest BCUT2D eigenvalue weighted by molar-refractivity contribution is -0.115. The minimum Gasteiger partial charge on any atom is -0.325 e. The number of anilines is 2. The van der Waals surface area contributed by atoms with Gasteiger partial charge in [0.2, 0.25) is 5.91 Å². The average molecular weight is 419 g/mol. The Morgan fingerprint density at radius 2 is 2.00 bits per heavy atom. The third-order valence-electron chi connectivity index (χ3n) is 4.39. The highest BCUT2D eigenvalue weighted by Gasteiger charge is 2.25. The molecule has 0 saturated carbocycles. The molecule has 4 rings (SSSR count). The quantitative estimate of drug-likeness (QED) is 0.670. The molecule has 28 heavy (non-hydrogen) atoms. The normalized spacial score (nSPS) is 13.3. The van der Waals surface area contributed by atoms with Gasteiger partial charge in [-0.05, 0) is 59.7 Å². The maximum absolute atomic E-state index is 12.9. The van der Waals surface area contributed by atoms with Gasteiger partial charge in [-0.25, -0.2) is 8.42 Å². The van der Waals surface area contributed by atoms with Crippen LogP contribution in [-0.2, 0) is 21.2 Å². The van der Waals surface area contributed by atoms with Crippen molar-refractivity contribution < 1.29 is 13.2 Å². The summed E-state index contributed by atoms with van der Waals surface area (Å²) in [5, 5.41) is 14.1. The van der Waals surface area contributed by atoms with E-state index in [1.54, 1.807) is 25.1 Å². The highest BCUT2D eigenvalue weighted by molar-refractivity contribution is 7.92. The second kappa shape index (κ2) is 6.57. The van der Waals surface area contributed by atoms with E-state index in [0.717, 1.165) is 5.56 Å². The van der Waals surface area contributed by atoms with Crippen molar-refractivity contribution in [3.05, 3.63) is 52.3 Å². The number of aryl methyl sites for hydroxylation is 2. The van der Waals surface area contributed by atoms with Crippen LogP contribution >= 0.6 is 11.6 Å². The van der Waals surface area contributed by atoms with Gasteiger partial charge in [0, 0.05) is 5.69 Å². The lowest BCUT2D eigenvalue weighted by Crippen LogP contribution is -2.14. The molecule has 2 N–H and O–H groups in total. The number of aromatic nitrogens is 4. The average Bonchev–Trinajstić information content (AvgIpc) is 3.19. The Morgan fingerprint density at radius 1 is 1.21 bits per heavy atom. The highest BCUT2D eigenvalue weighted by atomic mass is 35.5. The summed E-state index contributed by atoms with van der Waals surface area (Å²) in [6.07, 6.45) is 0.113. The van der Waals surface area contributed by atoms with Crippen LogP contribution in [0.25, 0.3) is 5.69 Å². The van der Waals surface area contributed by atoms with E-state index in [9.17, 15) is 13.2 Å². The predicted octanol–water partition coefficient (Wildman–Crippen LogP) is 2.23. The van der Waals surface area contributed by atoms with Gasteiger partial charge in [0.25, 0.3) is 10.0 Å². The molecule has 1 aliphatic heterocycles. The minimum absolute atomic E-state index is 0.0251. The van der Waals surface area contributed by atoms with Crippen molar-refractivity contribution in [2.45, 2.75) is 25.2 Å². The number of carbonyl (C=O) groups is 1. The van der Waals surface area contributed by atoms with E-state index in [1.807, 2.05) is 6.92 Å². The molecule has 0 aliphatic carbocycles. The number of carbonyl (C=O) groups excluding carboxylic acids is 1. The molecule has 2 heterocycles. The summed E-state index contributed by atoms with van der Waals surface area (Å²) in [7, 11) is -3.97. The number of benzene rings is 2. The van der Waals surface area contributed by atoms with Crippen LogP contribution in [0.3, 0.4) is 0 Å². The molecule has 0 atom stereocenters. The summed E-state index contributed by atoms with van der Waals surface area (Å²) in [6, 6.07) is 7.91. The Hall–Kier alpha value is -2.98. The molecule has 0 radical (unpaired) electrons. The first-order valence-corrected chi connectivity index (χ1v) is 10.1. The summed E-state index contributed by atoms with van der Waals surface area (Å²) in [5.74, 6) is 0.371. The molecule has 0 bridgehead atoms. The fourth-order valence-corrected chi connectivity index (χ4v) is 4.63. The second-order valence-corrected chi connectivity index (χ2v) is 8.47. The van der Waals surface area contributed by atoms with Crippen molar-refractivity contribution in [1.82, 2.24) is 20.2 Å². The Balaban J connectivity index is 1.71. The third kappa shape index (κ3) is 3.20. The van der Waals surface area contributed by atoms with E-state index in [0.29, 0.717) is 28.5 Å². The van der Waals surface area contributed by atoms with Crippen molar-refractivity contribution in [1.29, 1.82) is 0 Å². The number of fused-ring (bicyclic) bond motifs is 1. The molecule has 0 fully saturated rings. The summed E-state index contributed by atoms with van der Waals surface area (Å²) in [6.45, 7) is 3.62. The van der Waals surface area contributed by atoms with E-state index in [2.05, 4.69) is 25.6 Å². The number of rotatable bonds is 4. The number of hydrogen-bond acceptors (Lipinski definition) is 6. The smallest absolute Gasteiger partial charge is 0.263 e. The van der Waals surface area contributed by atoms with Gasteiger partial charge in [-0.2, -0.15) is 4.68 Å². The molecule has 1 aromatic heterocycles. The van der Waals surface area contributed by atoms with Crippen molar-refractivity contribution in [3.8, 4) is 5.69 Å². The van der Waals surface area contributed by atoms with Gasteiger partial charge < -0.3 is 5.32 Å². The van der Waals surface area contributed by atoms with Gasteiger partial charge in [0.15, 0.2) is 5.82 Å². The first kappa shape index (κ1) is 18.4. The molecule has 144 valence electrons. The lowest BCUT2D eigenvalue weighted by Gasteiger charge is -2.13. The minimum atomic E-state index is -3.97. The molecule has 0 spiro atoms. The van der Waals surface area contributed by atoms with Gasteiger partial charge in [-0.15, -0.1) is 5.10 Å². The van der Waals surface area contributed by atoms with Gasteiger partial charge in [-0.1, -0.05) is 17.7 Å². The van der Waals surface area contributed by atoms with Crippen LogP contribution in [0.5, 0.6) is 0 Å². The van der Waals surface area contributed by atoms with Crippen molar-refractivity contribution in [2.24, 2.45) is 0 Å². The zero-order valence-corrected chi connectivity index (χ0v) is 16.5. The van der Waals surface area contributed by atoms with Gasteiger partial charge in [0.1, 0.15) is 4.90 Å². The van der Waals surface area contributed by atoms with E-state index >= 15 is 0 Å². The SMILES string of the molecule is Cc1ccc(NS(=O)(=O)c2cc3c(cc2Cl)NC(=O)C3)cc1-n1nnnc1C. The summed E-state index contributed by atoms with van der Waals surface area (Å²) in [5.41, 5.74) is 2.97. The predicted molar refractivity (Wildman–Crippen MR) is 103 cm³/mol. The maximum Gasteiger partial charge on any atom is 0.263 e. The molecular formula is C17H15ClN6O3S. The summed E-state index contributed by atoms with van der Waals surface area (Å²) in [4.78, 5) is 11.4. The molecular weight excluding hydrogens is 404 g/mol. The number of nitrogens with zero attached hydrogens (tertiary/aromatic N) is 4. The molecule has 1 aliphatic rings. The third-order valence-corrected chi connectivity index (χ3v) is 6.23. The zero-order valence-electron chi connectivity index (χ0n) is 14.9. The van der Waals surface area contributed by atoms with Crippen LogP contribution in [0.2, 0.25) is 5.02 Å². The van der Waals surface area contributed by atoms with Crippen LogP contribution < -0.4 is 10.0 Å². The van der Waals surface area contributed by atoms with Crippen LogP contribution in [0.15, 0.2) is 35.2 Å². The number of sulfonamides is 1. The number of amides is 1. The molecule has 3 aromatic rings. The van der Waals surface area contributed by atoms with Crippen LogP contribution in [0, 0.1) is 13.8 Å². The summed E-state index contributed by atoms with van der Waals surface area (Å²) < 4.78 is 29.9. The zero-order chi connectivity index (χ0) is 20.1. The van der Waals surface area contributed by atoms with E-state index in [4.69, 9.17) is 11.6 Å². The van der Waals surface area contributed by atoms with E-state index < -0.39 is 10.0 Å². The van der Waals surface area contributed by atoms with Crippen LogP contribution in [0.4, 0.5) is 11.4 Å². The standard InChI is InChI=1S/C17H15ClN6O3S/c1-9-3-4-12(7-15(9)24-10(2)20-22-23-24)21-28(26,27)16-5-11-6-17(25)19-14(11)8-13(16)18/h3-5,7-8,21H,6H2,1-2H3,(H,19,25). The van der Waals surface area contributed by atoms with Gasteiger partial charge in [-0.3, -0.25) is 9.52 Å². The monoisotopic (exact) mass is 418 g/mol.